The van der Waals surface area contributed by atoms with Gasteiger partial charge in [-0.2, -0.15) is 11.3 Å². The van der Waals surface area contributed by atoms with E-state index >= 15 is 0 Å². The summed E-state index contributed by atoms with van der Waals surface area (Å²) in [5, 5.41) is 12.0. The number of carbonyl (C=O) groups is 1. The number of thiophene rings is 1. The van der Waals surface area contributed by atoms with Gasteiger partial charge in [-0.1, -0.05) is 19.1 Å². The number of primary amides is 1. The monoisotopic (exact) mass is 504 g/mol. The molecule has 0 aliphatic rings. The first-order valence-corrected chi connectivity index (χ1v) is 13.1. The van der Waals surface area contributed by atoms with Gasteiger partial charge in [0, 0.05) is 36.4 Å². The Bertz CT molecular complexity index is 1340. The molecule has 0 aliphatic heterocycles. The van der Waals surface area contributed by atoms with Crippen LogP contribution in [0.4, 0.5) is 11.4 Å². The number of rotatable bonds is 12. The van der Waals surface area contributed by atoms with Crippen LogP contribution in [0.2, 0.25) is 0 Å². The normalized spacial score (nSPS) is 11.0. The molecule has 188 valence electrons. The van der Waals surface area contributed by atoms with Gasteiger partial charge in [0.05, 0.1) is 30.0 Å². The van der Waals surface area contributed by atoms with Gasteiger partial charge in [0.15, 0.2) is 11.5 Å². The number of ether oxygens (including phenoxy) is 2. The Balaban J connectivity index is 1.74. The number of nitrogens with zero attached hydrogens (tertiary/aromatic N) is 1. The highest BCUT2D eigenvalue weighted by atomic mass is 32.1. The third-order valence-electron chi connectivity index (χ3n) is 5.91. The van der Waals surface area contributed by atoms with Crippen LogP contribution in [-0.2, 0) is 19.5 Å². The smallest absolute Gasteiger partial charge is 0.252 e. The van der Waals surface area contributed by atoms with Crippen molar-refractivity contribution < 1.29 is 14.3 Å². The molecular formula is C28H32N4O3S. The number of carbonyl (C=O) groups excluding carboxylic acids is 1. The molecule has 0 radical (unpaired) electrons. The summed E-state index contributed by atoms with van der Waals surface area (Å²) in [5.41, 5.74) is 11.9. The Morgan fingerprint density at radius 1 is 1.06 bits per heavy atom. The van der Waals surface area contributed by atoms with E-state index in [1.165, 1.54) is 22.9 Å². The Morgan fingerprint density at radius 3 is 2.50 bits per heavy atom. The minimum absolute atomic E-state index is 0.317. The maximum atomic E-state index is 12.4. The molecular weight excluding hydrogens is 472 g/mol. The molecule has 2 aromatic carbocycles. The van der Waals surface area contributed by atoms with E-state index in [4.69, 9.17) is 15.2 Å². The lowest BCUT2D eigenvalue weighted by molar-refractivity contribution is 0.100. The molecule has 0 spiro atoms. The van der Waals surface area contributed by atoms with Crippen molar-refractivity contribution >= 4 is 39.5 Å². The largest absolute Gasteiger partial charge is 0.490 e. The summed E-state index contributed by atoms with van der Waals surface area (Å²) in [6.45, 7) is 8.51. The highest BCUT2D eigenvalue weighted by Gasteiger charge is 2.18. The predicted octanol–water partition coefficient (Wildman–Crippen LogP) is 5.79. The molecule has 0 fully saturated rings. The summed E-state index contributed by atoms with van der Waals surface area (Å²) < 4.78 is 11.6. The lowest BCUT2D eigenvalue weighted by atomic mass is 10.0. The van der Waals surface area contributed by atoms with E-state index in [1.54, 1.807) is 11.3 Å². The Hall–Kier alpha value is -3.62. The second kappa shape index (κ2) is 11.9. The van der Waals surface area contributed by atoms with E-state index in [-0.39, 0.29) is 0 Å². The highest BCUT2D eigenvalue weighted by Crippen LogP contribution is 2.38. The fourth-order valence-corrected chi connectivity index (χ4v) is 4.93. The summed E-state index contributed by atoms with van der Waals surface area (Å²) in [6, 6.07) is 12.0. The zero-order valence-electron chi connectivity index (χ0n) is 20.9. The fraction of sp³-hybridized carbons (Fsp3) is 0.286. The molecule has 4 aromatic rings. The van der Waals surface area contributed by atoms with E-state index in [2.05, 4.69) is 45.4 Å². The van der Waals surface area contributed by atoms with E-state index in [0.29, 0.717) is 41.5 Å². The van der Waals surface area contributed by atoms with Crippen molar-refractivity contribution in [2.24, 2.45) is 5.73 Å². The summed E-state index contributed by atoms with van der Waals surface area (Å²) in [7, 11) is 0. The number of nitrogens with one attached hydrogen (secondary N) is 2. The topological polar surface area (TPSA) is 98.5 Å². The van der Waals surface area contributed by atoms with Gasteiger partial charge in [-0.05, 0) is 65.9 Å². The number of pyridine rings is 1. The summed E-state index contributed by atoms with van der Waals surface area (Å²) in [4.78, 5) is 16.9. The van der Waals surface area contributed by atoms with Gasteiger partial charge in [-0.3, -0.25) is 9.78 Å². The van der Waals surface area contributed by atoms with Gasteiger partial charge in [0.1, 0.15) is 0 Å². The maximum absolute atomic E-state index is 12.4. The van der Waals surface area contributed by atoms with Gasteiger partial charge in [-0.15, -0.1) is 0 Å². The van der Waals surface area contributed by atoms with E-state index in [1.807, 2.05) is 38.1 Å². The van der Waals surface area contributed by atoms with Crippen LogP contribution in [0.5, 0.6) is 11.5 Å². The molecule has 0 saturated heterocycles. The number of amides is 1. The zero-order valence-corrected chi connectivity index (χ0v) is 21.7. The van der Waals surface area contributed by atoms with Crippen molar-refractivity contribution in [3.63, 3.8) is 0 Å². The molecule has 4 N–H and O–H groups in total. The van der Waals surface area contributed by atoms with Crippen molar-refractivity contribution in [3.05, 3.63) is 75.6 Å². The Kier molecular flexibility index (Phi) is 8.40. The molecule has 0 saturated carbocycles. The van der Waals surface area contributed by atoms with Crippen molar-refractivity contribution in [2.75, 3.05) is 18.5 Å². The van der Waals surface area contributed by atoms with Gasteiger partial charge >= 0.3 is 0 Å². The number of hydrogen-bond donors (Lipinski definition) is 3. The van der Waals surface area contributed by atoms with Crippen molar-refractivity contribution in [1.82, 2.24) is 10.3 Å². The van der Waals surface area contributed by atoms with Gasteiger partial charge in [-0.25, -0.2) is 0 Å². The van der Waals surface area contributed by atoms with Crippen LogP contribution in [0.25, 0.3) is 10.9 Å². The van der Waals surface area contributed by atoms with Crippen molar-refractivity contribution in [1.29, 1.82) is 0 Å². The van der Waals surface area contributed by atoms with Crippen LogP contribution < -0.4 is 25.8 Å². The average Bonchev–Trinajstić information content (AvgIpc) is 3.38. The Labute approximate surface area is 215 Å². The van der Waals surface area contributed by atoms with Crippen molar-refractivity contribution in [2.45, 2.75) is 40.3 Å². The molecule has 36 heavy (non-hydrogen) atoms. The molecule has 4 rings (SSSR count). The van der Waals surface area contributed by atoms with Crippen LogP contribution in [0.3, 0.4) is 0 Å². The van der Waals surface area contributed by atoms with E-state index in [0.717, 1.165) is 30.6 Å². The number of anilines is 2. The van der Waals surface area contributed by atoms with Crippen LogP contribution in [0.15, 0.2) is 53.4 Å². The molecule has 2 aromatic heterocycles. The first-order chi connectivity index (χ1) is 17.5. The fourth-order valence-electron chi connectivity index (χ4n) is 4.26. The minimum Gasteiger partial charge on any atom is -0.490 e. The Morgan fingerprint density at radius 2 is 1.83 bits per heavy atom. The third kappa shape index (κ3) is 5.61. The average molecular weight is 505 g/mol. The maximum Gasteiger partial charge on any atom is 0.252 e. The number of fused-ring (bicyclic) bond motifs is 1. The van der Waals surface area contributed by atoms with Crippen LogP contribution in [0.1, 0.15) is 47.8 Å². The first kappa shape index (κ1) is 25.5. The quantitative estimate of drug-likeness (QED) is 0.226. The van der Waals surface area contributed by atoms with Crippen LogP contribution in [-0.4, -0.2) is 24.1 Å². The van der Waals surface area contributed by atoms with E-state index in [9.17, 15) is 4.79 Å². The first-order valence-electron chi connectivity index (χ1n) is 12.2. The number of aromatic nitrogens is 1. The number of nitrogens with two attached hydrogens (primary N) is 1. The van der Waals surface area contributed by atoms with Crippen molar-refractivity contribution in [3.8, 4) is 11.5 Å². The predicted molar refractivity (Wildman–Crippen MR) is 147 cm³/mol. The standard InChI is InChI=1S/C28H32N4O3S/c1-4-20-19(15-30-14-18-10-11-36-17-18)8-7-9-23(20)32-27-21-12-25(34-5-2)26(35-6-3)13-24(21)31-16-22(27)28(29)33/h7-13,16-17,30H,4-6,14-15H2,1-3H3,(H2,29,33)(H,31,32). The molecule has 8 heteroatoms. The van der Waals surface area contributed by atoms with Gasteiger partial charge in [0.2, 0.25) is 0 Å². The molecule has 1 amide bonds. The minimum atomic E-state index is -0.551. The molecule has 2 heterocycles. The second-order valence-electron chi connectivity index (χ2n) is 8.25. The lowest BCUT2D eigenvalue weighted by Crippen LogP contribution is -2.16. The van der Waals surface area contributed by atoms with Crippen LogP contribution in [0, 0.1) is 0 Å². The van der Waals surface area contributed by atoms with Gasteiger partial charge < -0.3 is 25.8 Å². The summed E-state index contributed by atoms with van der Waals surface area (Å²) >= 11 is 1.70. The zero-order chi connectivity index (χ0) is 25.5. The number of benzene rings is 2. The van der Waals surface area contributed by atoms with E-state index < -0.39 is 5.91 Å². The molecule has 0 bridgehead atoms. The second-order valence-corrected chi connectivity index (χ2v) is 9.03. The molecule has 7 nitrogen and oxygen atoms in total. The van der Waals surface area contributed by atoms with Gasteiger partial charge in [0.25, 0.3) is 5.91 Å². The lowest BCUT2D eigenvalue weighted by Gasteiger charge is -2.19. The highest BCUT2D eigenvalue weighted by molar-refractivity contribution is 7.07. The summed E-state index contributed by atoms with van der Waals surface area (Å²) in [6.07, 6.45) is 2.34. The molecule has 0 unspecified atom stereocenters. The molecule has 0 atom stereocenters. The third-order valence-corrected chi connectivity index (χ3v) is 6.64. The van der Waals surface area contributed by atoms with Crippen LogP contribution >= 0.6 is 11.3 Å². The SMILES string of the molecule is CCOc1cc2ncc(C(N)=O)c(Nc3cccc(CNCc4ccsc4)c3CC)c2cc1OCC. The molecule has 0 aliphatic carbocycles. The number of hydrogen-bond acceptors (Lipinski definition) is 7. The summed E-state index contributed by atoms with van der Waals surface area (Å²) in [5.74, 6) is 0.663.